The van der Waals surface area contributed by atoms with Gasteiger partial charge in [0.15, 0.2) is 0 Å². The molecule has 2 aromatic rings. The van der Waals surface area contributed by atoms with Crippen molar-refractivity contribution in [2.75, 3.05) is 6.61 Å². The number of hydrogen-bond acceptors (Lipinski definition) is 4. The standard InChI is InChI=1S/C12H11BN2O.C6H14O2/c13-9-7-14-15(8-9)11-5-6-16-12-4-2-1-3-10(11)12;1-5(2,7)6(3,4)8/h1-4,7-8,11H,5-6H2;7-8H,1-4H3. The van der Waals surface area contributed by atoms with Gasteiger partial charge in [0.2, 0.25) is 0 Å². The summed E-state index contributed by atoms with van der Waals surface area (Å²) in [6, 6.07) is 8.32. The molecule has 24 heavy (non-hydrogen) atoms. The van der Waals surface area contributed by atoms with Crippen molar-refractivity contribution < 1.29 is 14.9 Å². The van der Waals surface area contributed by atoms with Gasteiger partial charge in [-0.2, -0.15) is 5.10 Å². The molecule has 0 saturated carbocycles. The van der Waals surface area contributed by atoms with Crippen LogP contribution in [0.4, 0.5) is 0 Å². The van der Waals surface area contributed by atoms with Crippen molar-refractivity contribution in [3.05, 3.63) is 42.2 Å². The highest BCUT2D eigenvalue weighted by Crippen LogP contribution is 2.33. The van der Waals surface area contributed by atoms with Gasteiger partial charge in [0.1, 0.15) is 13.6 Å². The molecule has 0 saturated heterocycles. The maximum Gasteiger partial charge on any atom is 0.124 e. The van der Waals surface area contributed by atoms with Crippen LogP contribution in [0.5, 0.6) is 5.75 Å². The second-order valence-corrected chi connectivity index (χ2v) is 7.06. The zero-order valence-corrected chi connectivity index (χ0v) is 14.7. The first-order valence-electron chi connectivity index (χ1n) is 8.05. The van der Waals surface area contributed by atoms with Crippen LogP contribution in [-0.2, 0) is 0 Å². The minimum atomic E-state index is -1.01. The van der Waals surface area contributed by atoms with Gasteiger partial charge in [-0.05, 0) is 33.8 Å². The molecule has 1 aliphatic heterocycles. The molecular formula is C18H25BN2O3. The van der Waals surface area contributed by atoms with Crippen LogP contribution in [0.1, 0.15) is 45.7 Å². The number of aliphatic hydroxyl groups is 2. The maximum atomic E-state index is 9.10. The van der Waals surface area contributed by atoms with Gasteiger partial charge in [-0.1, -0.05) is 23.7 Å². The molecule has 2 heterocycles. The number of aromatic nitrogens is 2. The van der Waals surface area contributed by atoms with Crippen LogP contribution >= 0.6 is 0 Å². The molecule has 5 nitrogen and oxygen atoms in total. The van der Waals surface area contributed by atoms with Gasteiger partial charge < -0.3 is 14.9 Å². The minimum absolute atomic E-state index is 0.238. The molecule has 128 valence electrons. The molecule has 2 N–H and O–H groups in total. The molecule has 3 rings (SSSR count). The fourth-order valence-electron chi connectivity index (χ4n) is 2.12. The summed E-state index contributed by atoms with van der Waals surface area (Å²) < 4.78 is 7.52. The monoisotopic (exact) mass is 328 g/mol. The van der Waals surface area contributed by atoms with Crippen molar-refractivity contribution >= 4 is 13.3 Å². The van der Waals surface area contributed by atoms with Gasteiger partial charge in [-0.3, -0.25) is 4.68 Å². The van der Waals surface area contributed by atoms with Crippen LogP contribution in [-0.4, -0.2) is 45.6 Å². The number of ether oxygens (including phenoxy) is 1. The minimum Gasteiger partial charge on any atom is -0.493 e. The predicted octanol–water partition coefficient (Wildman–Crippen LogP) is 1.58. The molecule has 1 atom stereocenters. The van der Waals surface area contributed by atoms with Gasteiger partial charge in [0.05, 0.1) is 23.9 Å². The Morgan fingerprint density at radius 2 is 1.79 bits per heavy atom. The second kappa shape index (κ2) is 6.99. The first-order valence-corrected chi connectivity index (χ1v) is 8.05. The molecule has 1 aliphatic rings. The molecule has 0 amide bonds. The van der Waals surface area contributed by atoms with Gasteiger partial charge in [-0.15, -0.1) is 0 Å². The van der Waals surface area contributed by atoms with Crippen LogP contribution in [0.3, 0.4) is 0 Å². The highest BCUT2D eigenvalue weighted by molar-refractivity contribution is 6.31. The van der Waals surface area contributed by atoms with Crippen LogP contribution in [0.25, 0.3) is 0 Å². The van der Waals surface area contributed by atoms with E-state index in [0.717, 1.165) is 18.8 Å². The summed E-state index contributed by atoms with van der Waals surface area (Å²) in [4.78, 5) is 0. The number of para-hydroxylation sites is 1. The molecular weight excluding hydrogens is 303 g/mol. The normalized spacial score (nSPS) is 17.3. The summed E-state index contributed by atoms with van der Waals surface area (Å²) in [7, 11) is 5.69. The Labute approximate surface area is 144 Å². The lowest BCUT2D eigenvalue weighted by Crippen LogP contribution is -2.44. The average molecular weight is 328 g/mol. The Morgan fingerprint density at radius 3 is 2.33 bits per heavy atom. The van der Waals surface area contributed by atoms with Crippen LogP contribution < -0.4 is 10.2 Å². The lowest BCUT2D eigenvalue weighted by molar-refractivity contribution is -0.107. The number of fused-ring (bicyclic) bond motifs is 1. The van der Waals surface area contributed by atoms with E-state index in [9.17, 15) is 0 Å². The quantitative estimate of drug-likeness (QED) is 0.822. The first-order chi connectivity index (χ1) is 11.1. The van der Waals surface area contributed by atoms with Crippen molar-refractivity contribution in [3.63, 3.8) is 0 Å². The van der Waals surface area contributed by atoms with Crippen molar-refractivity contribution in [2.45, 2.75) is 51.4 Å². The van der Waals surface area contributed by atoms with E-state index in [1.165, 1.54) is 5.56 Å². The lowest BCUT2D eigenvalue weighted by atomic mass is 9.90. The largest absolute Gasteiger partial charge is 0.493 e. The molecule has 0 bridgehead atoms. The lowest BCUT2D eigenvalue weighted by Gasteiger charge is -2.31. The Morgan fingerprint density at radius 1 is 1.17 bits per heavy atom. The molecule has 2 radical (unpaired) electrons. The van der Waals surface area contributed by atoms with E-state index in [1.807, 2.05) is 29.1 Å². The van der Waals surface area contributed by atoms with Crippen molar-refractivity contribution in [3.8, 4) is 5.75 Å². The molecule has 1 aromatic heterocycles. The number of nitrogens with zero attached hydrogens (tertiary/aromatic N) is 2. The summed E-state index contributed by atoms with van der Waals surface area (Å²) in [5.74, 6) is 0.952. The fourth-order valence-corrected chi connectivity index (χ4v) is 2.12. The highest BCUT2D eigenvalue weighted by Gasteiger charge is 2.32. The molecule has 1 aromatic carbocycles. The zero-order valence-electron chi connectivity index (χ0n) is 14.7. The van der Waals surface area contributed by atoms with E-state index >= 15 is 0 Å². The Bertz CT molecular complexity index is 659. The van der Waals surface area contributed by atoms with Gasteiger partial charge in [-0.25, -0.2) is 0 Å². The molecule has 0 aliphatic carbocycles. The van der Waals surface area contributed by atoms with E-state index in [0.29, 0.717) is 5.46 Å². The third kappa shape index (κ3) is 4.39. The molecule has 6 heteroatoms. The van der Waals surface area contributed by atoms with E-state index < -0.39 is 11.2 Å². The first kappa shape index (κ1) is 18.6. The smallest absolute Gasteiger partial charge is 0.124 e. The molecule has 0 fully saturated rings. The SMILES string of the molecule is CC(C)(O)C(C)(C)O.[B]c1cnn(C2CCOc3ccccc32)c1. The van der Waals surface area contributed by atoms with E-state index in [1.54, 1.807) is 33.9 Å². The Kier molecular flexibility index (Phi) is 5.40. The fraction of sp³-hybridized carbons (Fsp3) is 0.500. The van der Waals surface area contributed by atoms with Gasteiger partial charge >= 0.3 is 0 Å². The summed E-state index contributed by atoms with van der Waals surface area (Å²) in [6.07, 6.45) is 4.48. The molecule has 1 unspecified atom stereocenters. The third-order valence-electron chi connectivity index (χ3n) is 4.36. The maximum absolute atomic E-state index is 9.10. The van der Waals surface area contributed by atoms with Crippen LogP contribution in [0.15, 0.2) is 36.7 Å². The van der Waals surface area contributed by atoms with E-state index in [4.69, 9.17) is 22.8 Å². The van der Waals surface area contributed by atoms with Crippen LogP contribution in [0.2, 0.25) is 0 Å². The number of rotatable bonds is 2. The van der Waals surface area contributed by atoms with E-state index in [-0.39, 0.29) is 6.04 Å². The van der Waals surface area contributed by atoms with Gasteiger partial charge in [0.25, 0.3) is 0 Å². The predicted molar refractivity (Wildman–Crippen MR) is 94.9 cm³/mol. The van der Waals surface area contributed by atoms with Crippen molar-refractivity contribution in [1.82, 2.24) is 9.78 Å². The van der Waals surface area contributed by atoms with Crippen molar-refractivity contribution in [1.29, 1.82) is 0 Å². The van der Waals surface area contributed by atoms with Crippen molar-refractivity contribution in [2.24, 2.45) is 0 Å². The number of benzene rings is 1. The topological polar surface area (TPSA) is 67.5 Å². The summed E-state index contributed by atoms with van der Waals surface area (Å²) in [5.41, 5.74) is -0.138. The third-order valence-corrected chi connectivity index (χ3v) is 4.36. The van der Waals surface area contributed by atoms with Gasteiger partial charge in [0, 0.05) is 24.4 Å². The summed E-state index contributed by atoms with van der Waals surface area (Å²) in [6.45, 7) is 7.03. The Balaban J connectivity index is 0.000000224. The van der Waals surface area contributed by atoms with E-state index in [2.05, 4.69) is 11.2 Å². The summed E-state index contributed by atoms with van der Waals surface area (Å²) >= 11 is 0. The second-order valence-electron chi connectivity index (χ2n) is 7.06. The zero-order chi connectivity index (χ0) is 18.0. The average Bonchev–Trinajstić information content (AvgIpc) is 2.92. The molecule has 0 spiro atoms. The van der Waals surface area contributed by atoms with Crippen LogP contribution in [0, 0.1) is 0 Å². The summed E-state index contributed by atoms with van der Waals surface area (Å²) in [5, 5.41) is 22.5. The Hall–Kier alpha value is -1.79. The highest BCUT2D eigenvalue weighted by atomic mass is 16.5. The number of hydrogen-bond donors (Lipinski definition) is 2.